The lowest BCUT2D eigenvalue weighted by molar-refractivity contribution is -0.121. The molecule has 1 heterocycles. The number of carbonyl (C=O) groups is 2. The summed E-state index contributed by atoms with van der Waals surface area (Å²) in [7, 11) is 0. The minimum Gasteiger partial charge on any atom is -0.472 e. The zero-order valence-electron chi connectivity index (χ0n) is 11.3. The van der Waals surface area contributed by atoms with Crippen molar-refractivity contribution in [2.45, 2.75) is 31.8 Å². The van der Waals surface area contributed by atoms with Gasteiger partial charge in [0.25, 0.3) is 5.91 Å². The highest BCUT2D eigenvalue weighted by molar-refractivity contribution is 5.93. The monoisotopic (exact) mass is 280 g/mol. The molecule has 2 amide bonds. The molecule has 0 radical (unpaired) electrons. The Kier molecular flexibility index (Phi) is 5.17. The second kappa shape index (κ2) is 7.09. The smallest absolute Gasteiger partial charge is 0.254 e. The molecule has 0 aromatic carbocycles. The molecule has 2 atom stereocenters. The Balaban J connectivity index is 1.57. The van der Waals surface area contributed by atoms with Gasteiger partial charge in [0.2, 0.25) is 5.91 Å². The van der Waals surface area contributed by atoms with Crippen LogP contribution in [0.1, 0.15) is 36.0 Å². The molecule has 6 heteroatoms. The molecule has 1 aliphatic carbocycles. The van der Waals surface area contributed by atoms with E-state index in [2.05, 4.69) is 10.6 Å². The van der Waals surface area contributed by atoms with Crippen LogP contribution in [0.25, 0.3) is 0 Å². The molecular weight excluding hydrogens is 260 g/mol. The second-order valence-electron chi connectivity index (χ2n) is 5.15. The molecule has 20 heavy (non-hydrogen) atoms. The number of hydrogen-bond acceptors (Lipinski definition) is 4. The molecule has 1 aliphatic rings. The first kappa shape index (κ1) is 14.6. The summed E-state index contributed by atoms with van der Waals surface area (Å²) in [5.74, 6) is 0.0406. The molecule has 1 aromatic rings. The van der Waals surface area contributed by atoms with Crippen LogP contribution in [0.15, 0.2) is 23.0 Å². The number of furan rings is 1. The van der Waals surface area contributed by atoms with Crippen LogP contribution in [0.3, 0.4) is 0 Å². The summed E-state index contributed by atoms with van der Waals surface area (Å²) in [6.07, 6.45) is 5.36. The van der Waals surface area contributed by atoms with E-state index in [1.165, 1.54) is 12.5 Å². The lowest BCUT2D eigenvalue weighted by atomic mass is 10.1. The molecule has 1 fully saturated rings. The Bertz CT molecular complexity index is 444. The maximum absolute atomic E-state index is 11.6. The Morgan fingerprint density at radius 3 is 2.85 bits per heavy atom. The summed E-state index contributed by atoms with van der Waals surface area (Å²) in [5, 5.41) is 14.9. The fourth-order valence-electron chi connectivity index (χ4n) is 2.37. The highest BCUT2D eigenvalue weighted by Gasteiger charge is 2.22. The van der Waals surface area contributed by atoms with E-state index in [4.69, 9.17) is 4.42 Å². The summed E-state index contributed by atoms with van der Waals surface area (Å²) in [4.78, 5) is 23.2. The van der Waals surface area contributed by atoms with Crippen molar-refractivity contribution in [3.8, 4) is 0 Å². The van der Waals surface area contributed by atoms with Crippen molar-refractivity contribution in [3.63, 3.8) is 0 Å². The van der Waals surface area contributed by atoms with Gasteiger partial charge in [-0.15, -0.1) is 0 Å². The van der Waals surface area contributed by atoms with Crippen molar-refractivity contribution in [2.75, 3.05) is 13.1 Å². The first-order chi connectivity index (χ1) is 9.65. The van der Waals surface area contributed by atoms with E-state index in [-0.39, 0.29) is 24.3 Å². The van der Waals surface area contributed by atoms with Crippen LogP contribution in [-0.4, -0.2) is 36.1 Å². The normalized spacial score (nSPS) is 21.6. The summed E-state index contributed by atoms with van der Waals surface area (Å²) in [6, 6.07) is 1.57. The Morgan fingerprint density at radius 1 is 1.35 bits per heavy atom. The van der Waals surface area contributed by atoms with Gasteiger partial charge in [-0.2, -0.15) is 0 Å². The van der Waals surface area contributed by atoms with Gasteiger partial charge in [-0.05, 0) is 31.2 Å². The summed E-state index contributed by atoms with van der Waals surface area (Å²) < 4.78 is 4.81. The largest absolute Gasteiger partial charge is 0.472 e. The SMILES string of the molecule is O=C(CCNC(=O)c1ccoc1)NCC1CCC(O)C1. The average molecular weight is 280 g/mol. The number of rotatable bonds is 6. The van der Waals surface area contributed by atoms with E-state index in [1.54, 1.807) is 6.07 Å². The summed E-state index contributed by atoms with van der Waals surface area (Å²) in [6.45, 7) is 0.898. The third-order valence-electron chi connectivity index (χ3n) is 3.52. The molecule has 2 rings (SSSR count). The maximum atomic E-state index is 11.6. The molecule has 2 unspecified atom stereocenters. The summed E-state index contributed by atoms with van der Waals surface area (Å²) in [5.41, 5.74) is 0.449. The third kappa shape index (κ3) is 4.38. The van der Waals surface area contributed by atoms with Gasteiger partial charge < -0.3 is 20.2 Å². The van der Waals surface area contributed by atoms with E-state index in [1.807, 2.05) is 0 Å². The number of aliphatic hydroxyl groups excluding tert-OH is 1. The Labute approximate surface area is 117 Å². The first-order valence-electron chi connectivity index (χ1n) is 6.90. The molecule has 0 spiro atoms. The van der Waals surface area contributed by atoms with Gasteiger partial charge in [0.05, 0.1) is 17.9 Å². The molecule has 0 aliphatic heterocycles. The molecule has 1 saturated carbocycles. The lowest BCUT2D eigenvalue weighted by Crippen LogP contribution is -2.32. The minimum absolute atomic E-state index is 0.0844. The van der Waals surface area contributed by atoms with Crippen LogP contribution in [0.5, 0.6) is 0 Å². The fourth-order valence-corrected chi connectivity index (χ4v) is 2.37. The molecule has 0 bridgehead atoms. The van der Waals surface area contributed by atoms with Crippen LogP contribution in [0, 0.1) is 5.92 Å². The third-order valence-corrected chi connectivity index (χ3v) is 3.52. The van der Waals surface area contributed by atoms with Gasteiger partial charge in [-0.3, -0.25) is 9.59 Å². The van der Waals surface area contributed by atoms with E-state index < -0.39 is 0 Å². The quantitative estimate of drug-likeness (QED) is 0.714. The zero-order valence-corrected chi connectivity index (χ0v) is 11.3. The van der Waals surface area contributed by atoms with Gasteiger partial charge in [0.15, 0.2) is 0 Å². The van der Waals surface area contributed by atoms with Crippen LogP contribution in [-0.2, 0) is 4.79 Å². The number of aliphatic hydroxyl groups is 1. The van der Waals surface area contributed by atoms with Gasteiger partial charge >= 0.3 is 0 Å². The predicted molar refractivity (Wildman–Crippen MR) is 72.0 cm³/mol. The van der Waals surface area contributed by atoms with Crippen LogP contribution in [0.4, 0.5) is 0 Å². The van der Waals surface area contributed by atoms with Crippen molar-refractivity contribution in [1.82, 2.24) is 10.6 Å². The van der Waals surface area contributed by atoms with E-state index in [0.717, 1.165) is 19.3 Å². The topological polar surface area (TPSA) is 91.6 Å². The van der Waals surface area contributed by atoms with Crippen LogP contribution < -0.4 is 10.6 Å². The minimum atomic E-state index is -0.245. The Hall–Kier alpha value is -1.82. The average Bonchev–Trinajstić information content (AvgIpc) is 3.07. The van der Waals surface area contributed by atoms with Crippen molar-refractivity contribution in [3.05, 3.63) is 24.2 Å². The standard InChI is InChI=1S/C14H20N2O4/c17-12-2-1-10(7-12)8-16-13(18)3-5-15-14(19)11-4-6-20-9-11/h4,6,9-10,12,17H,1-3,5,7-8H2,(H,15,19)(H,16,18). The summed E-state index contributed by atoms with van der Waals surface area (Å²) >= 11 is 0. The van der Waals surface area contributed by atoms with Gasteiger partial charge in [-0.1, -0.05) is 0 Å². The van der Waals surface area contributed by atoms with Crippen molar-refractivity contribution in [1.29, 1.82) is 0 Å². The van der Waals surface area contributed by atoms with Gasteiger partial charge in [-0.25, -0.2) is 0 Å². The molecule has 1 aromatic heterocycles. The highest BCUT2D eigenvalue weighted by atomic mass is 16.3. The molecule has 6 nitrogen and oxygen atoms in total. The maximum Gasteiger partial charge on any atom is 0.254 e. The molecule has 0 saturated heterocycles. The number of hydrogen-bond donors (Lipinski definition) is 3. The lowest BCUT2D eigenvalue weighted by Gasteiger charge is -2.11. The van der Waals surface area contributed by atoms with Crippen LogP contribution >= 0.6 is 0 Å². The van der Waals surface area contributed by atoms with Crippen molar-refractivity contribution < 1.29 is 19.1 Å². The fraction of sp³-hybridized carbons (Fsp3) is 0.571. The van der Waals surface area contributed by atoms with Gasteiger partial charge in [0.1, 0.15) is 6.26 Å². The van der Waals surface area contributed by atoms with E-state index in [0.29, 0.717) is 24.6 Å². The molecular formula is C14H20N2O4. The van der Waals surface area contributed by atoms with Crippen molar-refractivity contribution >= 4 is 11.8 Å². The second-order valence-corrected chi connectivity index (χ2v) is 5.15. The predicted octanol–water partition coefficient (Wildman–Crippen LogP) is 0.677. The molecule has 3 N–H and O–H groups in total. The number of amides is 2. The number of carbonyl (C=O) groups excluding carboxylic acids is 2. The van der Waals surface area contributed by atoms with E-state index >= 15 is 0 Å². The van der Waals surface area contributed by atoms with Crippen molar-refractivity contribution in [2.24, 2.45) is 5.92 Å². The Morgan fingerprint density at radius 2 is 2.20 bits per heavy atom. The van der Waals surface area contributed by atoms with Gasteiger partial charge in [0, 0.05) is 19.5 Å². The zero-order chi connectivity index (χ0) is 14.4. The first-order valence-corrected chi connectivity index (χ1v) is 6.90. The van der Waals surface area contributed by atoms with Crippen LogP contribution in [0.2, 0.25) is 0 Å². The molecule has 110 valence electrons. The highest BCUT2D eigenvalue weighted by Crippen LogP contribution is 2.24. The number of nitrogens with one attached hydrogen (secondary N) is 2. The van der Waals surface area contributed by atoms with E-state index in [9.17, 15) is 14.7 Å².